The van der Waals surface area contributed by atoms with E-state index in [2.05, 4.69) is 5.32 Å². The van der Waals surface area contributed by atoms with E-state index in [0.717, 1.165) is 13.0 Å². The Bertz CT molecular complexity index is 280. The smallest absolute Gasteiger partial charge is 0.356 e. The van der Waals surface area contributed by atoms with Crippen LogP contribution in [0.2, 0.25) is 0 Å². The van der Waals surface area contributed by atoms with Gasteiger partial charge < -0.3 is 15.5 Å². The number of carbonyl (C=O) groups is 2. The zero-order valence-electron chi connectivity index (χ0n) is 10.4. The van der Waals surface area contributed by atoms with Gasteiger partial charge in [0.15, 0.2) is 0 Å². The van der Waals surface area contributed by atoms with Crippen molar-refractivity contribution in [1.29, 1.82) is 0 Å². The van der Waals surface area contributed by atoms with Gasteiger partial charge in [-0.3, -0.25) is 9.59 Å². The van der Waals surface area contributed by atoms with Crippen LogP contribution in [0.1, 0.15) is 12.8 Å². The lowest BCUT2D eigenvalue weighted by Gasteiger charge is -2.10. The highest BCUT2D eigenvalue weighted by atomic mass is 19.4. The summed E-state index contributed by atoms with van der Waals surface area (Å²) in [5.74, 6) is -2.40. The van der Waals surface area contributed by atoms with E-state index in [1.807, 2.05) is 19.0 Å². The van der Waals surface area contributed by atoms with Gasteiger partial charge in [0.1, 0.15) is 0 Å². The molecule has 0 fully saturated rings. The standard InChI is InChI=1S/C10H18F3N3O2/c1-16(2)7-3-5-14-8(17)4-6-15-9(18)10(11,12)13/h3-7H2,1-2H3,(H,14,17)(H,15,18). The molecule has 0 spiro atoms. The molecule has 0 aliphatic rings. The van der Waals surface area contributed by atoms with E-state index in [0.29, 0.717) is 6.54 Å². The monoisotopic (exact) mass is 269 g/mol. The normalized spacial score (nSPS) is 11.4. The summed E-state index contributed by atoms with van der Waals surface area (Å²) in [6.45, 7) is 0.952. The number of hydrogen-bond acceptors (Lipinski definition) is 3. The fourth-order valence-electron chi connectivity index (χ4n) is 1.10. The van der Waals surface area contributed by atoms with Crippen molar-refractivity contribution < 1.29 is 22.8 Å². The molecule has 106 valence electrons. The lowest BCUT2D eigenvalue weighted by molar-refractivity contribution is -0.173. The van der Waals surface area contributed by atoms with Crippen LogP contribution in [0.25, 0.3) is 0 Å². The molecular weight excluding hydrogens is 251 g/mol. The van der Waals surface area contributed by atoms with E-state index in [9.17, 15) is 22.8 Å². The lowest BCUT2D eigenvalue weighted by Crippen LogP contribution is -2.39. The Hall–Kier alpha value is -1.31. The minimum Gasteiger partial charge on any atom is -0.356 e. The van der Waals surface area contributed by atoms with Crippen LogP contribution in [-0.4, -0.2) is 56.6 Å². The first-order chi connectivity index (χ1) is 8.23. The Morgan fingerprint density at radius 3 is 2.22 bits per heavy atom. The summed E-state index contributed by atoms with van der Waals surface area (Å²) in [5.41, 5.74) is 0. The molecule has 0 aliphatic heterocycles. The number of rotatable bonds is 7. The van der Waals surface area contributed by atoms with Crippen molar-refractivity contribution in [3.8, 4) is 0 Å². The van der Waals surface area contributed by atoms with Crippen LogP contribution in [0.4, 0.5) is 13.2 Å². The van der Waals surface area contributed by atoms with Gasteiger partial charge in [-0.2, -0.15) is 13.2 Å². The van der Waals surface area contributed by atoms with Crippen LogP contribution in [0.5, 0.6) is 0 Å². The third kappa shape index (κ3) is 8.80. The van der Waals surface area contributed by atoms with Gasteiger partial charge in [0.25, 0.3) is 0 Å². The molecule has 0 bridgehead atoms. The molecule has 2 N–H and O–H groups in total. The van der Waals surface area contributed by atoms with Crippen LogP contribution >= 0.6 is 0 Å². The largest absolute Gasteiger partial charge is 0.471 e. The SMILES string of the molecule is CN(C)CCCNC(=O)CCNC(=O)C(F)(F)F. The average molecular weight is 269 g/mol. The van der Waals surface area contributed by atoms with Crippen LogP contribution in [-0.2, 0) is 9.59 Å². The number of nitrogens with one attached hydrogen (secondary N) is 2. The van der Waals surface area contributed by atoms with Crippen molar-refractivity contribution in [3.05, 3.63) is 0 Å². The molecule has 0 aromatic rings. The fourth-order valence-corrected chi connectivity index (χ4v) is 1.10. The van der Waals surface area contributed by atoms with Gasteiger partial charge in [0, 0.05) is 19.5 Å². The quantitative estimate of drug-likeness (QED) is 0.645. The van der Waals surface area contributed by atoms with Crippen molar-refractivity contribution in [2.24, 2.45) is 0 Å². The van der Waals surface area contributed by atoms with E-state index in [1.54, 1.807) is 5.32 Å². The second-order valence-electron chi connectivity index (χ2n) is 4.01. The highest BCUT2D eigenvalue weighted by Crippen LogP contribution is 2.13. The average Bonchev–Trinajstić information content (AvgIpc) is 2.22. The van der Waals surface area contributed by atoms with E-state index < -0.39 is 12.1 Å². The summed E-state index contributed by atoms with van der Waals surface area (Å²) >= 11 is 0. The molecule has 18 heavy (non-hydrogen) atoms. The molecule has 5 nitrogen and oxygen atoms in total. The number of amides is 2. The van der Waals surface area contributed by atoms with E-state index in [-0.39, 0.29) is 18.9 Å². The maximum absolute atomic E-state index is 11.8. The summed E-state index contributed by atoms with van der Waals surface area (Å²) in [5, 5.41) is 4.18. The van der Waals surface area contributed by atoms with E-state index in [1.165, 1.54) is 0 Å². The molecule has 0 saturated heterocycles. The topological polar surface area (TPSA) is 61.4 Å². The van der Waals surface area contributed by atoms with Gasteiger partial charge in [-0.05, 0) is 27.1 Å². The minimum atomic E-state index is -4.90. The molecule has 0 aliphatic carbocycles. The van der Waals surface area contributed by atoms with Gasteiger partial charge in [0.2, 0.25) is 5.91 Å². The molecule has 0 atom stereocenters. The molecule has 0 rings (SSSR count). The lowest BCUT2D eigenvalue weighted by atomic mass is 10.3. The number of nitrogens with zero attached hydrogens (tertiary/aromatic N) is 1. The molecule has 0 unspecified atom stereocenters. The molecule has 8 heteroatoms. The van der Waals surface area contributed by atoms with E-state index in [4.69, 9.17) is 0 Å². The predicted molar refractivity (Wildman–Crippen MR) is 59.9 cm³/mol. The van der Waals surface area contributed by atoms with Gasteiger partial charge in [-0.1, -0.05) is 0 Å². The summed E-state index contributed by atoms with van der Waals surface area (Å²) in [7, 11) is 3.79. The van der Waals surface area contributed by atoms with Gasteiger partial charge in [-0.25, -0.2) is 0 Å². The van der Waals surface area contributed by atoms with Crippen molar-refractivity contribution >= 4 is 11.8 Å². The minimum absolute atomic E-state index is 0.163. The Kier molecular flexibility index (Phi) is 7.33. The molecule has 0 saturated carbocycles. The van der Waals surface area contributed by atoms with Crippen molar-refractivity contribution in [3.63, 3.8) is 0 Å². The molecule has 0 radical (unpaired) electrons. The number of hydrogen-bond donors (Lipinski definition) is 2. The maximum atomic E-state index is 11.8. The first-order valence-electron chi connectivity index (χ1n) is 5.50. The van der Waals surface area contributed by atoms with E-state index >= 15 is 0 Å². The molecule has 0 aromatic heterocycles. The van der Waals surface area contributed by atoms with Crippen LogP contribution in [0.3, 0.4) is 0 Å². The third-order valence-electron chi connectivity index (χ3n) is 2.00. The molecule has 0 aromatic carbocycles. The summed E-state index contributed by atoms with van der Waals surface area (Å²) in [6, 6.07) is 0. The van der Waals surface area contributed by atoms with Crippen molar-refractivity contribution in [1.82, 2.24) is 15.5 Å². The van der Waals surface area contributed by atoms with Crippen LogP contribution in [0.15, 0.2) is 0 Å². The van der Waals surface area contributed by atoms with Crippen LogP contribution < -0.4 is 10.6 Å². The fraction of sp³-hybridized carbons (Fsp3) is 0.800. The summed E-state index contributed by atoms with van der Waals surface area (Å²) in [4.78, 5) is 23.5. The molecule has 2 amide bonds. The van der Waals surface area contributed by atoms with Gasteiger partial charge in [-0.15, -0.1) is 0 Å². The zero-order chi connectivity index (χ0) is 14.2. The summed E-state index contributed by atoms with van der Waals surface area (Å²) in [6.07, 6.45) is -4.31. The Balaban J connectivity index is 3.57. The predicted octanol–water partition coefficient (Wildman–Crippen LogP) is 0.123. The zero-order valence-corrected chi connectivity index (χ0v) is 10.4. The Morgan fingerprint density at radius 1 is 1.11 bits per heavy atom. The first-order valence-corrected chi connectivity index (χ1v) is 5.50. The Labute approximate surface area is 104 Å². The maximum Gasteiger partial charge on any atom is 0.471 e. The highest BCUT2D eigenvalue weighted by Gasteiger charge is 2.38. The summed E-state index contributed by atoms with van der Waals surface area (Å²) < 4.78 is 35.3. The first kappa shape index (κ1) is 16.7. The second-order valence-corrected chi connectivity index (χ2v) is 4.01. The Morgan fingerprint density at radius 2 is 1.72 bits per heavy atom. The second kappa shape index (κ2) is 7.91. The van der Waals surface area contributed by atoms with Crippen LogP contribution in [0, 0.1) is 0 Å². The van der Waals surface area contributed by atoms with Crippen molar-refractivity contribution in [2.45, 2.75) is 19.0 Å². The van der Waals surface area contributed by atoms with Crippen molar-refractivity contribution in [2.75, 3.05) is 33.7 Å². The van der Waals surface area contributed by atoms with Gasteiger partial charge >= 0.3 is 12.1 Å². The number of carbonyl (C=O) groups excluding carboxylic acids is 2. The number of alkyl halides is 3. The highest BCUT2D eigenvalue weighted by molar-refractivity contribution is 5.82. The third-order valence-corrected chi connectivity index (χ3v) is 2.00. The van der Waals surface area contributed by atoms with Gasteiger partial charge in [0.05, 0.1) is 0 Å². The molecule has 0 heterocycles. The molecular formula is C10H18F3N3O2. The number of halogens is 3.